The van der Waals surface area contributed by atoms with Crippen molar-refractivity contribution < 1.29 is 13.9 Å². The third-order valence-corrected chi connectivity index (χ3v) is 6.89. The van der Waals surface area contributed by atoms with Crippen molar-refractivity contribution >= 4 is 23.4 Å². The highest BCUT2D eigenvalue weighted by Crippen LogP contribution is 2.24. The highest BCUT2D eigenvalue weighted by Gasteiger charge is 2.24. The van der Waals surface area contributed by atoms with Gasteiger partial charge in [-0.05, 0) is 54.8 Å². The Morgan fingerprint density at radius 2 is 1.88 bits per heavy atom. The van der Waals surface area contributed by atoms with Gasteiger partial charge in [0.05, 0.1) is 11.9 Å². The molecule has 1 aliphatic heterocycles. The second-order valence-corrected chi connectivity index (χ2v) is 9.57. The number of halogens is 1. The van der Waals surface area contributed by atoms with Crippen LogP contribution in [-0.2, 0) is 23.1 Å². The number of thioether (sulfide) groups is 1. The first-order chi connectivity index (χ1) is 16.4. The molecule has 0 saturated carbocycles. The van der Waals surface area contributed by atoms with Crippen LogP contribution in [0.5, 0.6) is 0 Å². The lowest BCUT2D eigenvalue weighted by Crippen LogP contribution is -2.38. The van der Waals surface area contributed by atoms with Gasteiger partial charge in [-0.25, -0.2) is 4.39 Å². The molecule has 1 fully saturated rings. The van der Waals surface area contributed by atoms with Crippen molar-refractivity contribution in [1.82, 2.24) is 19.7 Å². The molecule has 1 atom stereocenters. The van der Waals surface area contributed by atoms with Crippen LogP contribution in [0.4, 0.5) is 10.1 Å². The number of carbonyl (C=O) groups is 1. The minimum atomic E-state index is -0.297. The lowest BCUT2D eigenvalue weighted by molar-refractivity contribution is -0.130. The highest BCUT2D eigenvalue weighted by atomic mass is 32.2. The van der Waals surface area contributed by atoms with Crippen LogP contribution in [-0.4, -0.2) is 64.7 Å². The van der Waals surface area contributed by atoms with Crippen LogP contribution in [0.3, 0.4) is 0 Å². The first-order valence-corrected chi connectivity index (χ1v) is 12.3. The summed E-state index contributed by atoms with van der Waals surface area (Å²) < 4.78 is 20.9. The molecule has 1 aromatic heterocycles. The molecule has 180 valence electrons. The largest absolute Gasteiger partial charge is 0.378 e. The van der Waals surface area contributed by atoms with Crippen molar-refractivity contribution in [3.63, 3.8) is 0 Å². The predicted molar refractivity (Wildman–Crippen MR) is 132 cm³/mol. The van der Waals surface area contributed by atoms with Crippen molar-refractivity contribution in [2.45, 2.75) is 30.6 Å². The van der Waals surface area contributed by atoms with E-state index in [1.165, 1.54) is 23.9 Å². The van der Waals surface area contributed by atoms with Gasteiger partial charge in [0.1, 0.15) is 5.82 Å². The van der Waals surface area contributed by atoms with Gasteiger partial charge in [0.15, 0.2) is 11.0 Å². The second-order valence-electron chi connectivity index (χ2n) is 8.63. The average Bonchev–Trinajstić information content (AvgIpc) is 3.47. The summed E-state index contributed by atoms with van der Waals surface area (Å²) >= 11 is 1.35. The number of hydrogen-bond acceptors (Lipinski definition) is 6. The number of benzene rings is 2. The number of amides is 1. The Bertz CT molecular complexity index is 1100. The van der Waals surface area contributed by atoms with E-state index in [1.54, 1.807) is 12.1 Å². The fourth-order valence-electron chi connectivity index (χ4n) is 3.92. The SMILES string of the molecule is CN(C)c1ccc(CN(C[C@H]2CCCO2)C(=O)CSc2nnc(-c3ccc(F)cc3)n2C)cc1. The summed E-state index contributed by atoms with van der Waals surface area (Å²) in [5.41, 5.74) is 2.98. The zero-order chi connectivity index (χ0) is 24.1. The smallest absolute Gasteiger partial charge is 0.233 e. The standard InChI is InChI=1S/C25H30FN5O2S/c1-29(2)21-12-6-18(7-13-21)15-31(16-22-5-4-14-33-22)23(32)17-34-25-28-27-24(30(25)3)19-8-10-20(26)11-9-19/h6-13,22H,4-5,14-17H2,1-3H3/t22-/m1/s1. The molecular formula is C25H30FN5O2S. The van der Waals surface area contributed by atoms with E-state index in [4.69, 9.17) is 4.74 Å². The van der Waals surface area contributed by atoms with E-state index in [2.05, 4.69) is 39.4 Å². The summed E-state index contributed by atoms with van der Waals surface area (Å²) in [6.07, 6.45) is 2.08. The highest BCUT2D eigenvalue weighted by molar-refractivity contribution is 7.99. The maximum atomic E-state index is 13.3. The number of anilines is 1. The van der Waals surface area contributed by atoms with Gasteiger partial charge in [-0.15, -0.1) is 10.2 Å². The number of rotatable bonds is 9. The molecule has 1 aliphatic rings. The molecule has 2 heterocycles. The quantitative estimate of drug-likeness (QED) is 0.429. The Labute approximate surface area is 203 Å². The summed E-state index contributed by atoms with van der Waals surface area (Å²) in [6.45, 7) is 1.87. The topological polar surface area (TPSA) is 63.5 Å². The molecule has 0 unspecified atom stereocenters. The lowest BCUT2D eigenvalue weighted by atomic mass is 10.1. The maximum absolute atomic E-state index is 13.3. The Balaban J connectivity index is 1.43. The minimum absolute atomic E-state index is 0.0310. The van der Waals surface area contributed by atoms with E-state index < -0.39 is 0 Å². The zero-order valence-corrected chi connectivity index (χ0v) is 20.6. The summed E-state index contributed by atoms with van der Waals surface area (Å²) in [6, 6.07) is 14.4. The Morgan fingerprint density at radius 1 is 1.15 bits per heavy atom. The van der Waals surface area contributed by atoms with Crippen molar-refractivity contribution in [1.29, 1.82) is 0 Å². The molecule has 7 nitrogen and oxygen atoms in total. The molecule has 0 N–H and O–H groups in total. The Hall–Kier alpha value is -2.91. The molecular weight excluding hydrogens is 453 g/mol. The van der Waals surface area contributed by atoms with Crippen LogP contribution >= 0.6 is 11.8 Å². The van der Waals surface area contributed by atoms with Crippen molar-refractivity contribution in [3.05, 3.63) is 59.9 Å². The normalized spacial score (nSPS) is 15.5. The van der Waals surface area contributed by atoms with Gasteiger partial charge in [-0.3, -0.25) is 4.79 Å². The molecule has 0 spiro atoms. The lowest BCUT2D eigenvalue weighted by Gasteiger charge is -2.26. The molecule has 0 bridgehead atoms. The van der Waals surface area contributed by atoms with Crippen molar-refractivity contribution in [3.8, 4) is 11.4 Å². The van der Waals surface area contributed by atoms with Crippen LogP contribution in [0.2, 0.25) is 0 Å². The van der Waals surface area contributed by atoms with Gasteiger partial charge >= 0.3 is 0 Å². The van der Waals surface area contributed by atoms with Gasteiger partial charge < -0.3 is 19.1 Å². The molecule has 0 radical (unpaired) electrons. The van der Waals surface area contributed by atoms with Gasteiger partial charge in [0.2, 0.25) is 5.91 Å². The molecule has 4 rings (SSSR count). The second kappa shape index (κ2) is 11.0. The van der Waals surface area contributed by atoms with E-state index in [0.717, 1.165) is 36.3 Å². The first kappa shape index (κ1) is 24.2. The predicted octanol–water partition coefficient (Wildman–Crippen LogP) is 3.99. The number of carbonyl (C=O) groups excluding carboxylic acids is 1. The third kappa shape index (κ3) is 5.95. The van der Waals surface area contributed by atoms with Crippen LogP contribution in [0.1, 0.15) is 18.4 Å². The number of hydrogen-bond donors (Lipinski definition) is 0. The molecule has 2 aromatic carbocycles. The van der Waals surface area contributed by atoms with Gasteiger partial charge in [-0.2, -0.15) is 0 Å². The van der Waals surface area contributed by atoms with Crippen molar-refractivity contribution in [2.75, 3.05) is 37.9 Å². The maximum Gasteiger partial charge on any atom is 0.233 e. The number of aromatic nitrogens is 3. The van der Waals surface area contributed by atoms with Crippen molar-refractivity contribution in [2.24, 2.45) is 7.05 Å². The third-order valence-electron chi connectivity index (χ3n) is 5.89. The molecule has 0 aliphatic carbocycles. The zero-order valence-electron chi connectivity index (χ0n) is 19.8. The van der Waals surface area contributed by atoms with Crippen LogP contribution in [0.15, 0.2) is 53.7 Å². The fourth-order valence-corrected chi connectivity index (χ4v) is 4.73. The average molecular weight is 484 g/mol. The van der Waals surface area contributed by atoms with E-state index in [0.29, 0.717) is 24.1 Å². The number of ether oxygens (including phenoxy) is 1. The summed E-state index contributed by atoms with van der Waals surface area (Å²) in [5, 5.41) is 9.11. The summed E-state index contributed by atoms with van der Waals surface area (Å²) in [5.74, 6) is 0.613. The monoisotopic (exact) mass is 483 g/mol. The fraction of sp³-hybridized carbons (Fsp3) is 0.400. The Kier molecular flexibility index (Phi) is 7.84. The van der Waals surface area contributed by atoms with E-state index in [-0.39, 0.29) is 23.6 Å². The van der Waals surface area contributed by atoms with E-state index in [1.807, 2.05) is 30.6 Å². The van der Waals surface area contributed by atoms with Crippen LogP contribution < -0.4 is 4.90 Å². The molecule has 3 aromatic rings. The molecule has 9 heteroatoms. The van der Waals surface area contributed by atoms with Gasteiger partial charge in [0.25, 0.3) is 0 Å². The summed E-state index contributed by atoms with van der Waals surface area (Å²) in [4.78, 5) is 17.2. The molecule has 34 heavy (non-hydrogen) atoms. The summed E-state index contributed by atoms with van der Waals surface area (Å²) in [7, 11) is 5.86. The van der Waals surface area contributed by atoms with Gasteiger partial charge in [-0.1, -0.05) is 23.9 Å². The number of nitrogens with zero attached hydrogens (tertiary/aromatic N) is 5. The Morgan fingerprint density at radius 3 is 2.53 bits per heavy atom. The van der Waals surface area contributed by atoms with Crippen LogP contribution in [0.25, 0.3) is 11.4 Å². The van der Waals surface area contributed by atoms with E-state index >= 15 is 0 Å². The van der Waals surface area contributed by atoms with E-state index in [9.17, 15) is 9.18 Å². The first-order valence-electron chi connectivity index (χ1n) is 11.3. The minimum Gasteiger partial charge on any atom is -0.378 e. The van der Waals surface area contributed by atoms with Crippen LogP contribution in [0, 0.1) is 5.82 Å². The molecule has 1 saturated heterocycles. The van der Waals surface area contributed by atoms with Gasteiger partial charge in [0, 0.05) is 52.1 Å². The molecule has 1 amide bonds.